The average Bonchev–Trinajstić information content (AvgIpc) is 2.94. The number of benzene rings is 1. The second kappa shape index (κ2) is 6.19. The van der Waals surface area contributed by atoms with Crippen LogP contribution in [-0.4, -0.2) is 29.6 Å². The van der Waals surface area contributed by atoms with Gasteiger partial charge in [-0.15, -0.1) is 0 Å². The van der Waals surface area contributed by atoms with E-state index in [1.807, 2.05) is 6.07 Å². The van der Waals surface area contributed by atoms with Crippen molar-refractivity contribution >= 4 is 17.3 Å². The van der Waals surface area contributed by atoms with Gasteiger partial charge in [-0.05, 0) is 25.0 Å². The van der Waals surface area contributed by atoms with Gasteiger partial charge in [0, 0.05) is 12.6 Å². The van der Waals surface area contributed by atoms with Gasteiger partial charge in [0.05, 0.1) is 22.7 Å². The minimum absolute atomic E-state index is 0.168. The summed E-state index contributed by atoms with van der Waals surface area (Å²) in [5, 5.41) is 22.7. The maximum Gasteiger partial charge on any atom is 0.293 e. The van der Waals surface area contributed by atoms with Crippen LogP contribution in [0.4, 0.5) is 11.4 Å². The first-order chi connectivity index (χ1) is 10.0. The lowest BCUT2D eigenvalue weighted by molar-refractivity contribution is -0.384. The van der Waals surface area contributed by atoms with E-state index in [-0.39, 0.29) is 17.4 Å². The molecule has 8 heteroatoms. The fraction of sp³-hybridized carbons (Fsp3) is 0.385. The summed E-state index contributed by atoms with van der Waals surface area (Å²) in [6, 6.07) is 6.05. The molecule has 0 spiro atoms. The van der Waals surface area contributed by atoms with Crippen LogP contribution in [-0.2, 0) is 9.53 Å². The molecule has 2 rings (SSSR count). The second-order valence-corrected chi connectivity index (χ2v) is 4.71. The Hall–Kier alpha value is -2.66. The minimum atomic E-state index is -0.590. The third-order valence-corrected chi connectivity index (χ3v) is 3.27. The number of nitrogens with one attached hydrogen (secondary N) is 1. The number of nitrogens with zero attached hydrogens (tertiary/aromatic N) is 2. The van der Waals surface area contributed by atoms with Crippen molar-refractivity contribution < 1.29 is 14.5 Å². The van der Waals surface area contributed by atoms with Gasteiger partial charge >= 0.3 is 0 Å². The average molecular weight is 290 g/mol. The lowest BCUT2D eigenvalue weighted by Gasteiger charge is -2.13. The van der Waals surface area contributed by atoms with Crippen molar-refractivity contribution in [2.75, 3.05) is 11.9 Å². The molecule has 1 saturated heterocycles. The summed E-state index contributed by atoms with van der Waals surface area (Å²) in [7, 11) is 0. The van der Waals surface area contributed by atoms with Gasteiger partial charge < -0.3 is 15.8 Å². The third kappa shape index (κ3) is 3.46. The Bertz CT molecular complexity index is 611. The molecule has 3 N–H and O–H groups in total. The highest BCUT2D eigenvalue weighted by atomic mass is 16.6. The molecule has 1 amide bonds. The SMILES string of the molecule is N#Cc1ccc(NCC2CCC(C(N)=O)O2)c([N+](=O)[O-])c1. The number of anilines is 1. The van der Waals surface area contributed by atoms with E-state index in [0.29, 0.717) is 25.1 Å². The van der Waals surface area contributed by atoms with Gasteiger partial charge in [0.25, 0.3) is 5.69 Å². The summed E-state index contributed by atoms with van der Waals surface area (Å²) in [5.41, 5.74) is 5.52. The zero-order valence-electron chi connectivity index (χ0n) is 11.1. The Morgan fingerprint density at radius 3 is 2.90 bits per heavy atom. The molecule has 8 nitrogen and oxygen atoms in total. The Labute approximate surface area is 120 Å². The van der Waals surface area contributed by atoms with Crippen LogP contribution in [0.5, 0.6) is 0 Å². The van der Waals surface area contributed by atoms with Gasteiger partial charge in [0.15, 0.2) is 0 Å². The number of primary amides is 1. The predicted octanol–water partition coefficient (Wildman–Crippen LogP) is 0.911. The van der Waals surface area contributed by atoms with E-state index < -0.39 is 16.9 Å². The highest BCUT2D eigenvalue weighted by Crippen LogP contribution is 2.26. The smallest absolute Gasteiger partial charge is 0.293 e. The van der Waals surface area contributed by atoms with Crippen molar-refractivity contribution in [3.63, 3.8) is 0 Å². The maximum atomic E-state index is 11.0. The Balaban J connectivity index is 2.02. The van der Waals surface area contributed by atoms with Gasteiger partial charge in [-0.25, -0.2) is 0 Å². The van der Waals surface area contributed by atoms with Crippen LogP contribution in [0.1, 0.15) is 18.4 Å². The lowest BCUT2D eigenvalue weighted by Crippen LogP contribution is -2.30. The summed E-state index contributed by atoms with van der Waals surface area (Å²) in [6.07, 6.45) is 0.396. The molecule has 1 aromatic rings. The van der Waals surface area contributed by atoms with Gasteiger partial charge in [0.2, 0.25) is 5.91 Å². The van der Waals surface area contributed by atoms with Crippen molar-refractivity contribution in [1.29, 1.82) is 5.26 Å². The first-order valence-corrected chi connectivity index (χ1v) is 6.38. The number of hydrogen-bond acceptors (Lipinski definition) is 6. The number of hydrogen-bond donors (Lipinski definition) is 2. The van der Waals surface area contributed by atoms with E-state index in [1.165, 1.54) is 18.2 Å². The first kappa shape index (κ1) is 14.7. The molecule has 0 aromatic heterocycles. The van der Waals surface area contributed by atoms with Gasteiger partial charge in [0.1, 0.15) is 11.8 Å². The number of rotatable bonds is 5. The number of nitriles is 1. The molecular formula is C13H14N4O4. The molecule has 1 aliphatic heterocycles. The summed E-state index contributed by atoms with van der Waals surface area (Å²) in [4.78, 5) is 21.4. The molecule has 0 saturated carbocycles. The highest BCUT2D eigenvalue weighted by Gasteiger charge is 2.29. The van der Waals surface area contributed by atoms with Crippen LogP contribution in [0.15, 0.2) is 18.2 Å². The highest BCUT2D eigenvalue weighted by molar-refractivity contribution is 5.79. The van der Waals surface area contributed by atoms with Crippen LogP contribution in [0, 0.1) is 21.4 Å². The normalized spacial score (nSPS) is 20.7. The Morgan fingerprint density at radius 2 is 2.33 bits per heavy atom. The largest absolute Gasteiger partial charge is 0.377 e. The van der Waals surface area contributed by atoms with Crippen LogP contribution in [0.25, 0.3) is 0 Å². The molecule has 110 valence electrons. The zero-order valence-corrected chi connectivity index (χ0v) is 11.1. The number of ether oxygens (including phenoxy) is 1. The van der Waals surface area contributed by atoms with Crippen molar-refractivity contribution in [3.05, 3.63) is 33.9 Å². The fourth-order valence-electron chi connectivity index (χ4n) is 2.19. The van der Waals surface area contributed by atoms with E-state index in [9.17, 15) is 14.9 Å². The maximum absolute atomic E-state index is 11.0. The van der Waals surface area contributed by atoms with Gasteiger partial charge in [-0.3, -0.25) is 14.9 Å². The molecule has 21 heavy (non-hydrogen) atoms. The van der Waals surface area contributed by atoms with Crippen molar-refractivity contribution in [1.82, 2.24) is 0 Å². The summed E-state index contributed by atoms with van der Waals surface area (Å²) < 4.78 is 5.43. The number of amides is 1. The second-order valence-electron chi connectivity index (χ2n) is 4.71. The number of nitro groups is 1. The van der Waals surface area contributed by atoms with Crippen molar-refractivity contribution in [2.45, 2.75) is 25.0 Å². The van der Waals surface area contributed by atoms with Gasteiger partial charge in [-0.1, -0.05) is 0 Å². The summed E-state index contributed by atoms with van der Waals surface area (Å²) >= 11 is 0. The molecule has 1 fully saturated rings. The quantitative estimate of drug-likeness (QED) is 0.612. The van der Waals surface area contributed by atoms with E-state index in [1.54, 1.807) is 0 Å². The minimum Gasteiger partial charge on any atom is -0.377 e. The van der Waals surface area contributed by atoms with Crippen molar-refractivity contribution in [3.8, 4) is 6.07 Å². The molecule has 2 atom stereocenters. The standard InChI is InChI=1S/C13H14N4O4/c14-6-8-1-3-10(11(5-8)17(19)20)16-7-9-2-4-12(21-9)13(15)18/h1,3,5,9,12,16H,2,4,7H2,(H2,15,18). The topological polar surface area (TPSA) is 131 Å². The number of nitrogens with two attached hydrogens (primary N) is 1. The first-order valence-electron chi connectivity index (χ1n) is 6.38. The van der Waals surface area contributed by atoms with Crippen LogP contribution < -0.4 is 11.1 Å². The van der Waals surface area contributed by atoms with E-state index in [4.69, 9.17) is 15.7 Å². The monoisotopic (exact) mass is 290 g/mol. The Kier molecular flexibility index (Phi) is 4.35. The molecule has 1 heterocycles. The van der Waals surface area contributed by atoms with Crippen LogP contribution in [0.3, 0.4) is 0 Å². The van der Waals surface area contributed by atoms with E-state index in [0.717, 1.165) is 0 Å². The molecule has 1 aliphatic rings. The predicted molar refractivity (Wildman–Crippen MR) is 73.4 cm³/mol. The fourth-order valence-corrected chi connectivity index (χ4v) is 2.19. The van der Waals surface area contributed by atoms with E-state index >= 15 is 0 Å². The Morgan fingerprint density at radius 1 is 1.57 bits per heavy atom. The third-order valence-electron chi connectivity index (χ3n) is 3.27. The number of nitro benzene ring substituents is 1. The molecule has 0 radical (unpaired) electrons. The summed E-state index contributed by atoms with van der Waals surface area (Å²) in [6.45, 7) is 0.330. The molecule has 0 aliphatic carbocycles. The molecular weight excluding hydrogens is 276 g/mol. The van der Waals surface area contributed by atoms with Crippen LogP contribution >= 0.6 is 0 Å². The van der Waals surface area contributed by atoms with E-state index in [2.05, 4.69) is 5.32 Å². The lowest BCUT2D eigenvalue weighted by atomic mass is 10.1. The zero-order chi connectivity index (χ0) is 15.4. The number of carbonyl (C=O) groups is 1. The van der Waals surface area contributed by atoms with Crippen molar-refractivity contribution in [2.24, 2.45) is 5.73 Å². The van der Waals surface area contributed by atoms with Gasteiger partial charge in [-0.2, -0.15) is 5.26 Å². The number of carbonyl (C=O) groups excluding carboxylic acids is 1. The molecule has 1 aromatic carbocycles. The summed E-state index contributed by atoms with van der Waals surface area (Å²) in [5.74, 6) is -0.498. The molecule has 0 bridgehead atoms. The molecule has 2 unspecified atom stereocenters. The van der Waals surface area contributed by atoms with Crippen LogP contribution in [0.2, 0.25) is 0 Å².